The molecule has 4 nitrogen and oxygen atoms in total. The van der Waals surface area contributed by atoms with Crippen molar-refractivity contribution in [3.63, 3.8) is 0 Å². The van der Waals surface area contributed by atoms with Crippen molar-refractivity contribution in [2.75, 3.05) is 13.2 Å². The Kier molecular flexibility index (Phi) is 30.9. The van der Waals surface area contributed by atoms with Gasteiger partial charge in [0.2, 0.25) is 0 Å². The fourth-order valence-corrected chi connectivity index (χ4v) is 1.76. The molecule has 0 aliphatic rings. The van der Waals surface area contributed by atoms with Crippen LogP contribution in [0.15, 0.2) is 0 Å². The first-order chi connectivity index (χ1) is 9.18. The summed E-state index contributed by atoms with van der Waals surface area (Å²) in [7, 11) is 0. The third kappa shape index (κ3) is 31.0. The summed E-state index contributed by atoms with van der Waals surface area (Å²) in [6, 6.07) is 0. The number of rotatable bonds is 12. The number of hydrogen-bond acceptors (Lipinski definition) is 4. The zero-order valence-electron chi connectivity index (χ0n) is 13.4. The van der Waals surface area contributed by atoms with E-state index in [0.29, 0.717) is 0 Å². The third-order valence-electron chi connectivity index (χ3n) is 2.83. The molecule has 0 aliphatic heterocycles. The summed E-state index contributed by atoms with van der Waals surface area (Å²) < 4.78 is 0. The Balaban J connectivity index is -0.000000508. The maximum absolute atomic E-state index is 10.1. The van der Waals surface area contributed by atoms with E-state index in [4.69, 9.17) is 10.2 Å². The molecular formula is C15H31NaO4. The zero-order chi connectivity index (χ0) is 14.8. The number of carbonyl (C=O) groups excluding carboxylic acids is 1. The Bertz CT molecular complexity index is 175. The second-order valence-electron chi connectivity index (χ2n) is 4.75. The SMILES string of the molecule is CCCCCCCCCCCCC(=O)[O-].OCCO.[Na+]. The van der Waals surface area contributed by atoms with Crippen LogP contribution in [-0.2, 0) is 4.79 Å². The van der Waals surface area contributed by atoms with Gasteiger partial charge in [-0.15, -0.1) is 0 Å². The van der Waals surface area contributed by atoms with Crippen molar-refractivity contribution in [1.29, 1.82) is 0 Å². The predicted molar refractivity (Wildman–Crippen MR) is 75.6 cm³/mol. The normalized spacial score (nSPS) is 9.35. The van der Waals surface area contributed by atoms with Gasteiger partial charge >= 0.3 is 29.6 Å². The minimum atomic E-state index is -0.908. The van der Waals surface area contributed by atoms with Crippen LogP contribution in [0.2, 0.25) is 0 Å². The molecule has 0 atom stereocenters. The van der Waals surface area contributed by atoms with E-state index in [1.54, 1.807) is 0 Å². The van der Waals surface area contributed by atoms with Crippen molar-refractivity contribution >= 4 is 5.97 Å². The molecule has 0 saturated carbocycles. The largest absolute Gasteiger partial charge is 1.00 e. The van der Waals surface area contributed by atoms with Crippen molar-refractivity contribution < 1.29 is 49.7 Å². The van der Waals surface area contributed by atoms with Crippen LogP contribution in [0, 0.1) is 0 Å². The van der Waals surface area contributed by atoms with Gasteiger partial charge in [0.25, 0.3) is 0 Å². The number of hydrogen-bond donors (Lipinski definition) is 2. The number of unbranched alkanes of at least 4 members (excludes halogenated alkanes) is 9. The minimum absolute atomic E-state index is 0. The second-order valence-corrected chi connectivity index (χ2v) is 4.75. The Labute approximate surface area is 146 Å². The summed E-state index contributed by atoms with van der Waals surface area (Å²) in [4.78, 5) is 10.1. The van der Waals surface area contributed by atoms with Crippen LogP contribution in [0.1, 0.15) is 77.6 Å². The average Bonchev–Trinajstić information content (AvgIpc) is 2.41. The molecule has 0 saturated heterocycles. The topological polar surface area (TPSA) is 80.6 Å². The van der Waals surface area contributed by atoms with Gasteiger partial charge in [0, 0.05) is 5.97 Å². The van der Waals surface area contributed by atoms with Gasteiger partial charge in [-0.2, -0.15) is 0 Å². The van der Waals surface area contributed by atoms with Crippen LogP contribution in [0.25, 0.3) is 0 Å². The Morgan fingerprint density at radius 2 is 1.15 bits per heavy atom. The van der Waals surface area contributed by atoms with E-state index in [1.165, 1.54) is 51.4 Å². The Hall–Kier alpha value is 0.390. The molecule has 0 amide bonds. The number of aliphatic hydroxyl groups excluding tert-OH is 2. The average molecular weight is 298 g/mol. The quantitative estimate of drug-likeness (QED) is 0.358. The summed E-state index contributed by atoms with van der Waals surface area (Å²) in [6.07, 6.45) is 12.6. The van der Waals surface area contributed by atoms with Gasteiger partial charge in [-0.05, 0) is 12.8 Å². The summed E-state index contributed by atoms with van der Waals surface area (Å²) in [5.74, 6) is -0.908. The van der Waals surface area contributed by atoms with Crippen LogP contribution >= 0.6 is 0 Å². The molecule has 0 fully saturated rings. The second kappa shape index (κ2) is 24.4. The van der Waals surface area contributed by atoms with Gasteiger partial charge in [-0.25, -0.2) is 0 Å². The van der Waals surface area contributed by atoms with Crippen LogP contribution in [0.3, 0.4) is 0 Å². The van der Waals surface area contributed by atoms with E-state index in [1.807, 2.05) is 0 Å². The fraction of sp³-hybridized carbons (Fsp3) is 0.933. The van der Waals surface area contributed by atoms with Gasteiger partial charge in [-0.3, -0.25) is 0 Å². The van der Waals surface area contributed by atoms with E-state index in [9.17, 15) is 9.90 Å². The molecule has 0 heterocycles. The predicted octanol–water partition coefficient (Wildman–Crippen LogP) is -0.978. The van der Waals surface area contributed by atoms with E-state index < -0.39 is 5.97 Å². The molecular weight excluding hydrogens is 267 g/mol. The minimum Gasteiger partial charge on any atom is -0.550 e. The first kappa shape index (κ1) is 25.3. The Morgan fingerprint density at radius 1 is 0.800 bits per heavy atom. The number of carboxylic acid groups (broad SMARTS) is 1. The van der Waals surface area contributed by atoms with Crippen molar-refractivity contribution in [3.8, 4) is 0 Å². The number of aliphatic hydroxyl groups is 2. The van der Waals surface area contributed by atoms with Gasteiger partial charge in [-0.1, -0.05) is 64.7 Å². The van der Waals surface area contributed by atoms with Gasteiger partial charge in [0.15, 0.2) is 0 Å². The maximum Gasteiger partial charge on any atom is 1.00 e. The molecule has 0 aromatic heterocycles. The van der Waals surface area contributed by atoms with E-state index in [2.05, 4.69) is 6.92 Å². The van der Waals surface area contributed by atoms with Crippen LogP contribution < -0.4 is 34.7 Å². The van der Waals surface area contributed by atoms with Crippen molar-refractivity contribution in [1.82, 2.24) is 0 Å². The molecule has 0 unspecified atom stereocenters. The molecule has 20 heavy (non-hydrogen) atoms. The van der Waals surface area contributed by atoms with Crippen molar-refractivity contribution in [2.24, 2.45) is 0 Å². The van der Waals surface area contributed by atoms with Gasteiger partial charge < -0.3 is 20.1 Å². The molecule has 0 radical (unpaired) electrons. The molecule has 2 N–H and O–H groups in total. The summed E-state index contributed by atoms with van der Waals surface area (Å²) in [6.45, 7) is 1.98. The Morgan fingerprint density at radius 3 is 1.45 bits per heavy atom. The number of aliphatic carboxylic acids is 1. The first-order valence-corrected chi connectivity index (χ1v) is 7.60. The molecule has 5 heteroatoms. The summed E-state index contributed by atoms with van der Waals surface area (Å²) in [5, 5.41) is 25.4. The molecule has 116 valence electrons. The van der Waals surface area contributed by atoms with E-state index in [0.717, 1.165) is 12.8 Å². The van der Waals surface area contributed by atoms with Crippen LogP contribution in [0.4, 0.5) is 0 Å². The van der Waals surface area contributed by atoms with Crippen LogP contribution in [0.5, 0.6) is 0 Å². The van der Waals surface area contributed by atoms with Gasteiger partial charge in [0.05, 0.1) is 13.2 Å². The molecule has 0 rings (SSSR count). The van der Waals surface area contributed by atoms with Crippen molar-refractivity contribution in [3.05, 3.63) is 0 Å². The van der Waals surface area contributed by atoms with E-state index >= 15 is 0 Å². The third-order valence-corrected chi connectivity index (χ3v) is 2.83. The molecule has 0 bridgehead atoms. The first-order valence-electron chi connectivity index (χ1n) is 7.60. The number of carbonyl (C=O) groups is 1. The zero-order valence-corrected chi connectivity index (χ0v) is 15.4. The van der Waals surface area contributed by atoms with E-state index in [-0.39, 0.29) is 49.2 Å². The molecule has 0 spiro atoms. The molecule has 0 aromatic rings. The summed E-state index contributed by atoms with van der Waals surface area (Å²) >= 11 is 0. The summed E-state index contributed by atoms with van der Waals surface area (Å²) in [5.41, 5.74) is 0. The maximum atomic E-state index is 10.1. The standard InChI is InChI=1S/C13H26O2.C2H6O2.Na/c1-2-3-4-5-6-7-8-9-10-11-12-13(14)15;3-1-2-4;/h2-12H2,1H3,(H,14,15);3-4H,1-2H2;/q;;+1/p-1. The van der Waals surface area contributed by atoms with Crippen LogP contribution in [-0.4, -0.2) is 29.4 Å². The molecule has 0 aromatic carbocycles. The monoisotopic (exact) mass is 298 g/mol. The van der Waals surface area contributed by atoms with Crippen molar-refractivity contribution in [2.45, 2.75) is 77.6 Å². The number of carboxylic acids is 1. The smallest absolute Gasteiger partial charge is 0.550 e. The molecule has 0 aliphatic carbocycles. The van der Waals surface area contributed by atoms with Gasteiger partial charge in [0.1, 0.15) is 0 Å². The fourth-order valence-electron chi connectivity index (χ4n) is 1.76.